The van der Waals surface area contributed by atoms with E-state index < -0.39 is 6.04 Å². The first-order chi connectivity index (χ1) is 11.1. The van der Waals surface area contributed by atoms with E-state index in [-0.39, 0.29) is 18.3 Å². The van der Waals surface area contributed by atoms with Gasteiger partial charge in [0.2, 0.25) is 5.91 Å². The number of benzene rings is 1. The molecular weight excluding hydrogens is 344 g/mol. The third-order valence-corrected chi connectivity index (χ3v) is 4.13. The summed E-state index contributed by atoms with van der Waals surface area (Å²) in [5.74, 6) is -0.125. The van der Waals surface area contributed by atoms with Crippen molar-refractivity contribution in [3.05, 3.63) is 46.4 Å². The van der Waals surface area contributed by atoms with Crippen LogP contribution in [0.2, 0.25) is 0 Å². The van der Waals surface area contributed by atoms with Crippen LogP contribution in [0.4, 0.5) is 5.69 Å². The monoisotopic (exact) mass is 368 g/mol. The Morgan fingerprint density at radius 1 is 1.42 bits per heavy atom. The number of hydrogen-bond donors (Lipinski definition) is 2. The maximum atomic E-state index is 12.0. The number of amides is 1. The summed E-state index contributed by atoms with van der Waals surface area (Å²) in [6.45, 7) is 3.62. The molecule has 2 aromatic rings. The standard InChI is InChI=1S/C17H24N4OS.ClH/c1-3-5-16(18)17(22)20-14-7-4-6-13(8-14)9-21(2)10-15-11-23-12-19-15;/h4,6-8,11-12,16H,3,5,9-10,18H2,1-2H3,(H,20,22);1H. The van der Waals surface area contributed by atoms with Gasteiger partial charge < -0.3 is 11.1 Å². The number of carbonyl (C=O) groups excluding carboxylic acids is 1. The third-order valence-electron chi connectivity index (χ3n) is 3.50. The summed E-state index contributed by atoms with van der Waals surface area (Å²) in [6, 6.07) is 7.44. The van der Waals surface area contributed by atoms with Crippen LogP contribution >= 0.6 is 23.7 Å². The van der Waals surface area contributed by atoms with E-state index in [4.69, 9.17) is 5.73 Å². The van der Waals surface area contributed by atoms with Gasteiger partial charge in [0.1, 0.15) is 0 Å². The molecule has 1 atom stereocenters. The molecule has 132 valence electrons. The largest absolute Gasteiger partial charge is 0.325 e. The van der Waals surface area contributed by atoms with E-state index in [9.17, 15) is 4.79 Å². The first-order valence-corrected chi connectivity index (χ1v) is 8.73. The van der Waals surface area contributed by atoms with Gasteiger partial charge in [0.25, 0.3) is 0 Å². The number of carbonyl (C=O) groups is 1. The molecule has 0 saturated heterocycles. The summed E-state index contributed by atoms with van der Waals surface area (Å²) in [5.41, 5.74) is 10.7. The van der Waals surface area contributed by atoms with Gasteiger partial charge >= 0.3 is 0 Å². The molecular formula is C17H25ClN4OS. The topological polar surface area (TPSA) is 71.2 Å². The van der Waals surface area contributed by atoms with Crippen LogP contribution in [0.5, 0.6) is 0 Å². The Balaban J connectivity index is 0.00000288. The van der Waals surface area contributed by atoms with Crippen molar-refractivity contribution in [2.24, 2.45) is 5.73 Å². The highest BCUT2D eigenvalue weighted by atomic mass is 35.5. The summed E-state index contributed by atoms with van der Waals surface area (Å²) in [5, 5.41) is 4.95. The first kappa shape index (κ1) is 20.6. The maximum absolute atomic E-state index is 12.0. The average Bonchev–Trinajstić information content (AvgIpc) is 3.00. The molecule has 0 aliphatic carbocycles. The lowest BCUT2D eigenvalue weighted by molar-refractivity contribution is -0.117. The van der Waals surface area contributed by atoms with Gasteiger partial charge in [-0.3, -0.25) is 9.69 Å². The van der Waals surface area contributed by atoms with Gasteiger partial charge in [-0.05, 0) is 31.2 Å². The molecule has 0 bridgehead atoms. The second-order valence-electron chi connectivity index (χ2n) is 5.74. The summed E-state index contributed by atoms with van der Waals surface area (Å²) < 4.78 is 0. The summed E-state index contributed by atoms with van der Waals surface area (Å²) in [7, 11) is 2.06. The van der Waals surface area contributed by atoms with Crippen LogP contribution in [-0.2, 0) is 17.9 Å². The number of anilines is 1. The Morgan fingerprint density at radius 3 is 2.88 bits per heavy atom. The lowest BCUT2D eigenvalue weighted by Crippen LogP contribution is -2.35. The van der Waals surface area contributed by atoms with Crippen molar-refractivity contribution in [2.45, 2.75) is 38.9 Å². The van der Waals surface area contributed by atoms with Crippen molar-refractivity contribution in [1.29, 1.82) is 0 Å². The van der Waals surface area contributed by atoms with Gasteiger partial charge in [0.05, 0.1) is 17.2 Å². The second kappa shape index (κ2) is 10.4. The van der Waals surface area contributed by atoms with Crippen molar-refractivity contribution < 1.29 is 4.79 Å². The first-order valence-electron chi connectivity index (χ1n) is 7.79. The summed E-state index contributed by atoms with van der Waals surface area (Å²) >= 11 is 1.61. The van der Waals surface area contributed by atoms with Gasteiger partial charge in [0.15, 0.2) is 0 Å². The molecule has 2 rings (SSSR count). The predicted molar refractivity (Wildman–Crippen MR) is 102 cm³/mol. The average molecular weight is 369 g/mol. The van der Waals surface area contributed by atoms with Crippen molar-refractivity contribution in [1.82, 2.24) is 9.88 Å². The molecule has 0 saturated carbocycles. The van der Waals surface area contributed by atoms with E-state index in [0.717, 1.165) is 36.5 Å². The van der Waals surface area contributed by atoms with Gasteiger partial charge in [-0.25, -0.2) is 4.98 Å². The van der Waals surface area contributed by atoms with E-state index in [1.54, 1.807) is 11.3 Å². The fraction of sp³-hybridized carbons (Fsp3) is 0.412. The minimum absolute atomic E-state index is 0. The molecule has 3 N–H and O–H groups in total. The molecule has 0 aliphatic rings. The van der Waals surface area contributed by atoms with Gasteiger partial charge in [-0.15, -0.1) is 23.7 Å². The molecule has 1 aromatic carbocycles. The minimum Gasteiger partial charge on any atom is -0.325 e. The predicted octanol–water partition coefficient (Wildman–Crippen LogP) is 3.26. The van der Waals surface area contributed by atoms with Crippen LogP contribution in [0.3, 0.4) is 0 Å². The zero-order valence-electron chi connectivity index (χ0n) is 14.1. The Morgan fingerprint density at radius 2 is 2.21 bits per heavy atom. The highest BCUT2D eigenvalue weighted by Crippen LogP contribution is 2.14. The van der Waals surface area contributed by atoms with E-state index >= 15 is 0 Å². The molecule has 1 unspecified atom stereocenters. The van der Waals surface area contributed by atoms with Crippen LogP contribution in [0.15, 0.2) is 35.2 Å². The van der Waals surface area contributed by atoms with E-state index in [1.807, 2.05) is 30.6 Å². The number of aromatic nitrogens is 1. The minimum atomic E-state index is -0.448. The van der Waals surface area contributed by atoms with Crippen LogP contribution < -0.4 is 11.1 Å². The zero-order valence-corrected chi connectivity index (χ0v) is 15.7. The summed E-state index contributed by atoms with van der Waals surface area (Å²) in [4.78, 5) is 18.5. The van der Waals surface area contributed by atoms with Crippen LogP contribution in [-0.4, -0.2) is 28.9 Å². The number of thiazole rings is 1. The lowest BCUT2D eigenvalue weighted by Gasteiger charge is -2.16. The SMILES string of the molecule is CCCC(N)C(=O)Nc1cccc(CN(C)Cc2cscn2)c1.Cl. The van der Waals surface area contributed by atoms with Crippen molar-refractivity contribution in [3.63, 3.8) is 0 Å². The molecule has 24 heavy (non-hydrogen) atoms. The number of nitrogens with zero attached hydrogens (tertiary/aromatic N) is 2. The Labute approximate surface area is 153 Å². The fourth-order valence-corrected chi connectivity index (χ4v) is 2.93. The van der Waals surface area contributed by atoms with Crippen LogP contribution in [0, 0.1) is 0 Å². The molecule has 1 aromatic heterocycles. The highest BCUT2D eigenvalue weighted by Gasteiger charge is 2.12. The normalized spacial score (nSPS) is 11.8. The number of rotatable bonds is 8. The van der Waals surface area contributed by atoms with Gasteiger partial charge in [-0.1, -0.05) is 25.5 Å². The zero-order chi connectivity index (χ0) is 16.7. The van der Waals surface area contributed by atoms with Crippen LogP contribution in [0.1, 0.15) is 31.0 Å². The molecule has 7 heteroatoms. The van der Waals surface area contributed by atoms with Crippen molar-refractivity contribution in [2.75, 3.05) is 12.4 Å². The van der Waals surface area contributed by atoms with Gasteiger partial charge in [-0.2, -0.15) is 0 Å². The number of nitrogens with one attached hydrogen (secondary N) is 1. The van der Waals surface area contributed by atoms with Gasteiger partial charge in [0, 0.05) is 24.2 Å². The van der Waals surface area contributed by atoms with Crippen molar-refractivity contribution >= 4 is 35.3 Å². The smallest absolute Gasteiger partial charge is 0.241 e. The Kier molecular flexibility index (Phi) is 8.92. The van der Waals surface area contributed by atoms with E-state index in [2.05, 4.69) is 33.7 Å². The maximum Gasteiger partial charge on any atom is 0.241 e. The number of halogens is 1. The molecule has 0 fully saturated rings. The summed E-state index contributed by atoms with van der Waals surface area (Å²) in [6.07, 6.45) is 1.60. The van der Waals surface area contributed by atoms with Crippen LogP contribution in [0.25, 0.3) is 0 Å². The number of nitrogens with two attached hydrogens (primary N) is 1. The van der Waals surface area contributed by atoms with E-state index in [1.165, 1.54) is 0 Å². The van der Waals surface area contributed by atoms with E-state index in [0.29, 0.717) is 6.42 Å². The quantitative estimate of drug-likeness (QED) is 0.750. The molecule has 0 aliphatic heterocycles. The molecule has 5 nitrogen and oxygen atoms in total. The second-order valence-corrected chi connectivity index (χ2v) is 6.46. The molecule has 1 heterocycles. The Hall–Kier alpha value is -1.47. The van der Waals surface area contributed by atoms with Crippen molar-refractivity contribution in [3.8, 4) is 0 Å². The molecule has 0 radical (unpaired) electrons. The lowest BCUT2D eigenvalue weighted by atomic mass is 10.1. The number of hydrogen-bond acceptors (Lipinski definition) is 5. The molecule has 1 amide bonds. The fourth-order valence-electron chi connectivity index (χ4n) is 2.38. The highest BCUT2D eigenvalue weighted by molar-refractivity contribution is 7.07. The Bertz CT molecular complexity index is 621. The molecule has 0 spiro atoms. The third kappa shape index (κ3) is 6.57.